The molecule has 1 aromatic carbocycles. The molecule has 10 heteroatoms. The fourth-order valence-corrected chi connectivity index (χ4v) is 6.45. The molecule has 3 aliphatic rings. The summed E-state index contributed by atoms with van der Waals surface area (Å²) >= 11 is 0. The average Bonchev–Trinajstić information content (AvgIpc) is 3.28. The van der Waals surface area contributed by atoms with Gasteiger partial charge in [0, 0.05) is 34.6 Å². The smallest absolute Gasteiger partial charge is 0.343 e. The van der Waals surface area contributed by atoms with Crippen molar-refractivity contribution in [3.63, 3.8) is 0 Å². The van der Waals surface area contributed by atoms with Gasteiger partial charge in [0.25, 0.3) is 5.56 Å². The molecule has 3 aromatic rings. The van der Waals surface area contributed by atoms with Crippen LogP contribution in [-0.4, -0.2) is 38.2 Å². The summed E-state index contributed by atoms with van der Waals surface area (Å²) in [6, 6.07) is 2.60. The first-order chi connectivity index (χ1) is 18.9. The lowest BCUT2D eigenvalue weighted by molar-refractivity contribution is -0.172. The van der Waals surface area contributed by atoms with Gasteiger partial charge in [-0.05, 0) is 55.4 Å². The number of aryl methyl sites for hydroxylation is 1. The van der Waals surface area contributed by atoms with E-state index in [1.807, 2.05) is 0 Å². The Hall–Kier alpha value is -3.63. The molecule has 2 atom stereocenters. The molecule has 0 spiro atoms. The van der Waals surface area contributed by atoms with E-state index in [2.05, 4.69) is 5.32 Å². The van der Waals surface area contributed by atoms with Crippen LogP contribution < -0.4 is 10.9 Å². The number of hydrogen-bond acceptors (Lipinski definition) is 7. The van der Waals surface area contributed by atoms with Crippen LogP contribution in [0.3, 0.4) is 0 Å². The predicted octanol–water partition coefficient (Wildman–Crippen LogP) is 3.04. The summed E-state index contributed by atoms with van der Waals surface area (Å²) in [5.74, 6) is -1.39. The van der Waals surface area contributed by atoms with Crippen molar-refractivity contribution >= 4 is 22.8 Å². The van der Waals surface area contributed by atoms with Gasteiger partial charge in [-0.25, -0.2) is 14.2 Å². The van der Waals surface area contributed by atoms with E-state index in [4.69, 9.17) is 9.72 Å². The number of fused-ring (bicyclic) bond motifs is 5. The van der Waals surface area contributed by atoms with Crippen LogP contribution in [-0.2, 0) is 39.5 Å². The molecule has 40 heavy (non-hydrogen) atoms. The van der Waals surface area contributed by atoms with E-state index in [9.17, 15) is 24.6 Å². The number of rotatable bonds is 5. The fourth-order valence-electron chi connectivity index (χ4n) is 6.45. The maximum Gasteiger partial charge on any atom is 0.343 e. The highest BCUT2D eigenvalue weighted by Crippen LogP contribution is 2.46. The normalized spacial score (nSPS) is 21.1. The molecule has 3 N–H and O–H groups in total. The highest BCUT2D eigenvalue weighted by molar-refractivity contribution is 5.94. The van der Waals surface area contributed by atoms with E-state index in [0.717, 1.165) is 22.1 Å². The molecule has 4 heterocycles. The minimum Gasteiger partial charge on any atom is -0.458 e. The lowest BCUT2D eigenvalue weighted by atomic mass is 9.80. The number of nitrogens with one attached hydrogen (secondary N) is 1. The number of benzene rings is 1. The van der Waals surface area contributed by atoms with Crippen molar-refractivity contribution in [2.75, 3.05) is 6.61 Å². The topological polar surface area (TPSA) is 131 Å². The number of cyclic esters (lactones) is 1. The van der Waals surface area contributed by atoms with Crippen LogP contribution in [0.1, 0.15) is 79.5 Å². The second-order valence-corrected chi connectivity index (χ2v) is 11.7. The number of aliphatic hydroxyl groups excluding tert-OH is 1. The number of amides is 1. The summed E-state index contributed by atoms with van der Waals surface area (Å²) in [6.07, 6.45) is 1.40. The number of aliphatic hydroxyl groups is 2. The van der Waals surface area contributed by atoms with Crippen molar-refractivity contribution < 1.29 is 28.9 Å². The van der Waals surface area contributed by atoms with Gasteiger partial charge in [0.2, 0.25) is 5.91 Å². The lowest BCUT2D eigenvalue weighted by Crippen LogP contribution is -2.44. The quantitative estimate of drug-likeness (QED) is 0.326. The first kappa shape index (κ1) is 26.6. The summed E-state index contributed by atoms with van der Waals surface area (Å²) in [7, 11) is 0. The van der Waals surface area contributed by atoms with Crippen LogP contribution in [0.15, 0.2) is 16.9 Å². The number of halogens is 1. The third-order valence-corrected chi connectivity index (χ3v) is 9.03. The van der Waals surface area contributed by atoms with Crippen molar-refractivity contribution in [2.24, 2.45) is 5.41 Å². The molecule has 0 unspecified atom stereocenters. The maximum absolute atomic E-state index is 15.1. The Morgan fingerprint density at radius 2 is 2.02 bits per heavy atom. The lowest BCUT2D eigenvalue weighted by Gasteiger charge is -2.32. The molecule has 0 radical (unpaired) electrons. The summed E-state index contributed by atoms with van der Waals surface area (Å²) < 4.78 is 21.8. The third kappa shape index (κ3) is 3.58. The van der Waals surface area contributed by atoms with Crippen LogP contribution in [0.25, 0.3) is 22.3 Å². The molecule has 0 saturated carbocycles. The SMILES string of the molecule is CC[C@@]1(O)C(=O)OCc2c1cc1n(c2=O)Cc2c-1nc1cc(F)c(C)c3c1c2[C@@H](NC(=O)C(C)(C)CCO)CC3. The zero-order chi connectivity index (χ0) is 28.7. The van der Waals surface area contributed by atoms with E-state index < -0.39 is 23.0 Å². The first-order valence-electron chi connectivity index (χ1n) is 13.7. The highest BCUT2D eigenvalue weighted by atomic mass is 19.1. The van der Waals surface area contributed by atoms with Crippen molar-refractivity contribution in [3.8, 4) is 11.4 Å². The highest BCUT2D eigenvalue weighted by Gasteiger charge is 2.46. The number of esters is 1. The van der Waals surface area contributed by atoms with Gasteiger partial charge in [-0.1, -0.05) is 20.8 Å². The second-order valence-electron chi connectivity index (χ2n) is 11.7. The van der Waals surface area contributed by atoms with Gasteiger partial charge in [0.05, 0.1) is 35.1 Å². The molecule has 1 aliphatic carbocycles. The number of ether oxygens (including phenoxy) is 1. The summed E-state index contributed by atoms with van der Waals surface area (Å²) in [5.41, 5.74) is 1.51. The van der Waals surface area contributed by atoms with Gasteiger partial charge in [0.1, 0.15) is 12.4 Å². The molecule has 210 valence electrons. The van der Waals surface area contributed by atoms with E-state index in [-0.39, 0.29) is 54.6 Å². The summed E-state index contributed by atoms with van der Waals surface area (Å²) in [4.78, 5) is 44.4. The minimum atomic E-state index is -1.96. The number of aromatic nitrogens is 2. The monoisotopic (exact) mass is 549 g/mol. The van der Waals surface area contributed by atoms with E-state index in [0.29, 0.717) is 41.7 Å². The van der Waals surface area contributed by atoms with Crippen LogP contribution in [0.4, 0.5) is 4.39 Å². The standard InChI is InChI=1S/C30H32FN3O6/c1-5-30(39)18-10-22-25-16(12-34(22)26(36)17(18)13-40-28(30)38)24-20(33-27(37)29(3,4)8-9-35)7-6-15-14(2)19(31)11-21(32-25)23(15)24/h10-11,20,35,39H,5-9,12-13H2,1-4H3,(H,33,37)/t20-,30-/m0/s1. The largest absolute Gasteiger partial charge is 0.458 e. The molecule has 6 rings (SSSR count). The molecule has 2 aliphatic heterocycles. The van der Waals surface area contributed by atoms with Crippen molar-refractivity contribution in [3.05, 3.63) is 61.7 Å². The van der Waals surface area contributed by atoms with Gasteiger partial charge in [-0.15, -0.1) is 0 Å². The molecular weight excluding hydrogens is 517 g/mol. The number of nitrogens with zero attached hydrogens (tertiary/aromatic N) is 2. The van der Waals surface area contributed by atoms with Gasteiger partial charge in [-0.2, -0.15) is 0 Å². The number of carbonyl (C=O) groups excluding carboxylic acids is 2. The van der Waals surface area contributed by atoms with E-state index in [1.54, 1.807) is 38.3 Å². The van der Waals surface area contributed by atoms with E-state index in [1.165, 1.54) is 6.07 Å². The molecule has 0 fully saturated rings. The van der Waals surface area contributed by atoms with Crippen LogP contribution in [0, 0.1) is 18.2 Å². The van der Waals surface area contributed by atoms with Gasteiger partial charge in [-0.3, -0.25) is 9.59 Å². The van der Waals surface area contributed by atoms with Crippen molar-refractivity contribution in [2.45, 2.75) is 78.2 Å². The second kappa shape index (κ2) is 8.94. The van der Waals surface area contributed by atoms with Gasteiger partial charge in [0.15, 0.2) is 5.60 Å². The Morgan fingerprint density at radius 1 is 1.27 bits per heavy atom. The Balaban J connectivity index is 1.60. The van der Waals surface area contributed by atoms with Crippen LogP contribution in [0.2, 0.25) is 0 Å². The molecule has 9 nitrogen and oxygen atoms in total. The van der Waals surface area contributed by atoms with E-state index >= 15 is 4.39 Å². The maximum atomic E-state index is 15.1. The minimum absolute atomic E-state index is 0.0244. The zero-order valence-electron chi connectivity index (χ0n) is 23.0. The predicted molar refractivity (Wildman–Crippen MR) is 144 cm³/mol. The zero-order valence-corrected chi connectivity index (χ0v) is 23.0. The van der Waals surface area contributed by atoms with Gasteiger partial charge < -0.3 is 24.8 Å². The molecule has 2 aromatic heterocycles. The fraction of sp³-hybridized carbons (Fsp3) is 0.467. The molecule has 0 bridgehead atoms. The summed E-state index contributed by atoms with van der Waals surface area (Å²) in [5, 5.41) is 24.6. The first-order valence-corrected chi connectivity index (χ1v) is 13.7. The van der Waals surface area contributed by atoms with Crippen molar-refractivity contribution in [1.29, 1.82) is 0 Å². The average molecular weight is 550 g/mol. The number of carbonyl (C=O) groups is 2. The molecule has 0 saturated heterocycles. The Morgan fingerprint density at radius 3 is 2.73 bits per heavy atom. The summed E-state index contributed by atoms with van der Waals surface area (Å²) in [6.45, 7) is 6.75. The molecule has 1 amide bonds. The Labute approximate surface area is 230 Å². The Kier molecular flexibility index (Phi) is 5.94. The van der Waals surface area contributed by atoms with Crippen LogP contribution >= 0.6 is 0 Å². The van der Waals surface area contributed by atoms with Gasteiger partial charge >= 0.3 is 5.97 Å². The third-order valence-electron chi connectivity index (χ3n) is 9.03. The Bertz CT molecular complexity index is 1690. The molecular formula is C30H32FN3O6. The number of pyridine rings is 2. The van der Waals surface area contributed by atoms with Crippen LogP contribution in [0.5, 0.6) is 0 Å². The number of hydrogen-bond donors (Lipinski definition) is 3. The van der Waals surface area contributed by atoms with Crippen molar-refractivity contribution in [1.82, 2.24) is 14.9 Å².